The third-order valence-corrected chi connectivity index (χ3v) is 4.03. The molecule has 2 rings (SSSR count). The first kappa shape index (κ1) is 18.8. The molecule has 0 N–H and O–H groups in total. The van der Waals surface area contributed by atoms with Gasteiger partial charge in [-0.25, -0.2) is 0 Å². The van der Waals surface area contributed by atoms with Crippen LogP contribution in [0.4, 0.5) is 11.4 Å². The topological polar surface area (TPSA) is 107 Å². The van der Waals surface area contributed by atoms with Crippen molar-refractivity contribution in [3.8, 4) is 0 Å². The van der Waals surface area contributed by atoms with Crippen LogP contribution in [-0.2, 0) is 4.79 Å². The molecule has 0 heterocycles. The minimum atomic E-state index is -0.514. The first-order chi connectivity index (χ1) is 12.3. The van der Waals surface area contributed by atoms with Crippen LogP contribution >= 0.6 is 0 Å². The van der Waals surface area contributed by atoms with Crippen molar-refractivity contribution >= 4 is 23.4 Å². The highest BCUT2D eigenvalue weighted by Crippen LogP contribution is 2.24. The fourth-order valence-corrected chi connectivity index (χ4v) is 2.39. The van der Waals surface area contributed by atoms with Gasteiger partial charge in [0.15, 0.2) is 0 Å². The van der Waals surface area contributed by atoms with E-state index in [1.54, 1.807) is 44.3 Å². The largest absolute Gasteiger partial charge is 0.335 e. The highest BCUT2D eigenvalue weighted by atomic mass is 16.6. The Balaban J connectivity index is 2.18. The SMILES string of the molecule is C[C@H](c1cccc([N+](=O)[O-])c1)N(C)C(=O)/C=C/c1ccccc1[N+](=O)[O-]. The van der Waals surface area contributed by atoms with Gasteiger partial charge >= 0.3 is 0 Å². The summed E-state index contributed by atoms with van der Waals surface area (Å²) in [5.74, 6) is -0.373. The van der Waals surface area contributed by atoms with Crippen molar-refractivity contribution in [1.29, 1.82) is 0 Å². The quantitative estimate of drug-likeness (QED) is 0.446. The molecule has 0 unspecified atom stereocenters. The van der Waals surface area contributed by atoms with E-state index >= 15 is 0 Å². The molecule has 134 valence electrons. The Bertz CT molecular complexity index is 879. The second-order valence-electron chi connectivity index (χ2n) is 5.63. The summed E-state index contributed by atoms with van der Waals surface area (Å²) in [5.41, 5.74) is 0.799. The zero-order valence-electron chi connectivity index (χ0n) is 14.2. The Morgan fingerprint density at radius 1 is 1.08 bits per heavy atom. The summed E-state index contributed by atoms with van der Waals surface area (Å²) < 4.78 is 0. The van der Waals surface area contributed by atoms with Crippen LogP contribution in [0.2, 0.25) is 0 Å². The van der Waals surface area contributed by atoms with Crippen molar-refractivity contribution < 1.29 is 14.6 Å². The summed E-state index contributed by atoms with van der Waals surface area (Å²) in [6.45, 7) is 1.75. The van der Waals surface area contributed by atoms with Crippen molar-refractivity contribution in [3.05, 3.63) is 86.0 Å². The molecule has 26 heavy (non-hydrogen) atoms. The average molecular weight is 355 g/mol. The average Bonchev–Trinajstić information content (AvgIpc) is 2.65. The van der Waals surface area contributed by atoms with Gasteiger partial charge in [0.05, 0.1) is 21.5 Å². The Morgan fingerprint density at radius 2 is 1.77 bits per heavy atom. The van der Waals surface area contributed by atoms with Crippen LogP contribution in [0.3, 0.4) is 0 Å². The minimum absolute atomic E-state index is 0.0503. The molecule has 0 bridgehead atoms. The summed E-state index contributed by atoms with van der Waals surface area (Å²) >= 11 is 0. The van der Waals surface area contributed by atoms with E-state index in [0.717, 1.165) is 0 Å². The highest BCUT2D eigenvalue weighted by Gasteiger charge is 2.18. The molecule has 0 radical (unpaired) electrons. The van der Waals surface area contributed by atoms with Crippen LogP contribution in [0.1, 0.15) is 24.1 Å². The predicted molar refractivity (Wildman–Crippen MR) is 96.4 cm³/mol. The molecule has 1 amide bonds. The zero-order valence-corrected chi connectivity index (χ0v) is 14.2. The number of nitrogens with zero attached hydrogens (tertiary/aromatic N) is 3. The second-order valence-corrected chi connectivity index (χ2v) is 5.63. The van der Waals surface area contributed by atoms with E-state index in [1.807, 2.05) is 0 Å². The van der Waals surface area contributed by atoms with Gasteiger partial charge in [-0.05, 0) is 24.6 Å². The molecule has 0 saturated heterocycles. The summed E-state index contributed by atoms with van der Waals surface area (Å²) in [5, 5.41) is 21.9. The molecule has 2 aromatic rings. The maximum absolute atomic E-state index is 12.4. The number of non-ortho nitro benzene ring substituents is 1. The van der Waals surface area contributed by atoms with E-state index in [9.17, 15) is 25.0 Å². The maximum atomic E-state index is 12.4. The van der Waals surface area contributed by atoms with E-state index in [-0.39, 0.29) is 17.3 Å². The van der Waals surface area contributed by atoms with Gasteiger partial charge in [-0.2, -0.15) is 0 Å². The fourth-order valence-electron chi connectivity index (χ4n) is 2.39. The van der Waals surface area contributed by atoms with Crippen molar-refractivity contribution in [2.24, 2.45) is 0 Å². The number of benzene rings is 2. The number of carbonyl (C=O) groups is 1. The van der Waals surface area contributed by atoms with Gasteiger partial charge in [0.25, 0.3) is 11.4 Å². The first-order valence-electron chi connectivity index (χ1n) is 7.74. The Kier molecular flexibility index (Phi) is 5.79. The summed E-state index contributed by atoms with van der Waals surface area (Å²) in [6, 6.07) is 11.8. The molecule has 0 aliphatic carbocycles. The number of rotatable bonds is 6. The van der Waals surface area contributed by atoms with Crippen LogP contribution in [0.15, 0.2) is 54.6 Å². The summed E-state index contributed by atoms with van der Waals surface area (Å²) in [6.07, 6.45) is 2.63. The minimum Gasteiger partial charge on any atom is -0.335 e. The van der Waals surface area contributed by atoms with Gasteiger partial charge < -0.3 is 4.90 Å². The van der Waals surface area contributed by atoms with E-state index in [4.69, 9.17) is 0 Å². The van der Waals surface area contributed by atoms with Crippen LogP contribution in [0.5, 0.6) is 0 Å². The molecule has 0 aliphatic rings. The number of para-hydroxylation sites is 1. The molecule has 8 nitrogen and oxygen atoms in total. The van der Waals surface area contributed by atoms with Gasteiger partial charge in [-0.1, -0.05) is 24.3 Å². The van der Waals surface area contributed by atoms with Crippen molar-refractivity contribution in [2.75, 3.05) is 7.05 Å². The van der Waals surface area contributed by atoms with Crippen LogP contribution < -0.4 is 0 Å². The number of nitro groups is 2. The lowest BCUT2D eigenvalue weighted by Crippen LogP contribution is -2.28. The van der Waals surface area contributed by atoms with E-state index < -0.39 is 15.9 Å². The van der Waals surface area contributed by atoms with Gasteiger partial charge in [-0.3, -0.25) is 25.0 Å². The molecule has 0 aliphatic heterocycles. The van der Waals surface area contributed by atoms with E-state index in [2.05, 4.69) is 0 Å². The first-order valence-corrected chi connectivity index (χ1v) is 7.74. The van der Waals surface area contributed by atoms with E-state index in [1.165, 1.54) is 35.3 Å². The predicted octanol–water partition coefficient (Wildman–Crippen LogP) is 3.74. The number of amides is 1. The van der Waals surface area contributed by atoms with Crippen molar-refractivity contribution in [1.82, 2.24) is 4.90 Å². The molecular formula is C18H17N3O5. The Morgan fingerprint density at radius 3 is 2.42 bits per heavy atom. The fraction of sp³-hybridized carbons (Fsp3) is 0.167. The molecule has 8 heteroatoms. The molecule has 0 saturated carbocycles. The van der Waals surface area contributed by atoms with Gasteiger partial charge in [0.2, 0.25) is 5.91 Å². The Labute approximate surface area is 149 Å². The second kappa shape index (κ2) is 8.02. The normalized spacial score (nSPS) is 11.9. The van der Waals surface area contributed by atoms with Crippen molar-refractivity contribution in [2.45, 2.75) is 13.0 Å². The maximum Gasteiger partial charge on any atom is 0.276 e. The molecule has 0 spiro atoms. The number of nitro benzene ring substituents is 2. The summed E-state index contributed by atoms with van der Waals surface area (Å²) in [7, 11) is 1.57. The van der Waals surface area contributed by atoms with E-state index in [0.29, 0.717) is 11.1 Å². The third kappa shape index (κ3) is 4.29. The smallest absolute Gasteiger partial charge is 0.276 e. The zero-order chi connectivity index (χ0) is 19.3. The lowest BCUT2D eigenvalue weighted by molar-refractivity contribution is -0.385. The summed E-state index contributed by atoms with van der Waals surface area (Å²) in [4.78, 5) is 34.7. The molecule has 1 atom stereocenters. The standard InChI is InChI=1S/C18H17N3O5/c1-13(15-7-5-8-16(12-15)20(23)24)19(2)18(22)11-10-14-6-3-4-9-17(14)21(25)26/h3-13H,1-2H3/b11-10+/t13-/m1/s1. The molecule has 2 aromatic carbocycles. The monoisotopic (exact) mass is 355 g/mol. The lowest BCUT2D eigenvalue weighted by Gasteiger charge is -2.24. The molecular weight excluding hydrogens is 338 g/mol. The van der Waals surface area contributed by atoms with Crippen molar-refractivity contribution in [3.63, 3.8) is 0 Å². The number of carbonyl (C=O) groups excluding carboxylic acids is 1. The third-order valence-electron chi connectivity index (χ3n) is 4.03. The highest BCUT2D eigenvalue weighted by molar-refractivity contribution is 5.92. The number of hydrogen-bond acceptors (Lipinski definition) is 5. The molecule has 0 aromatic heterocycles. The molecule has 0 fully saturated rings. The Hall–Kier alpha value is -3.55. The number of likely N-dealkylation sites (N-methyl/N-ethyl adjacent to an activating group) is 1. The van der Waals surface area contributed by atoms with Crippen LogP contribution in [-0.4, -0.2) is 27.7 Å². The van der Waals surface area contributed by atoms with Gasteiger partial charge in [0, 0.05) is 31.3 Å². The van der Waals surface area contributed by atoms with Gasteiger partial charge in [0.1, 0.15) is 0 Å². The number of hydrogen-bond donors (Lipinski definition) is 0. The van der Waals surface area contributed by atoms with Gasteiger partial charge in [-0.15, -0.1) is 0 Å². The van der Waals surface area contributed by atoms with Crippen LogP contribution in [0.25, 0.3) is 6.08 Å². The lowest BCUT2D eigenvalue weighted by atomic mass is 10.1. The van der Waals surface area contributed by atoms with Crippen LogP contribution in [0, 0.1) is 20.2 Å².